The summed E-state index contributed by atoms with van der Waals surface area (Å²) in [6, 6.07) is 0. The first kappa shape index (κ1) is 14.5. The van der Waals surface area contributed by atoms with Crippen LogP contribution in [0.1, 0.15) is 39.5 Å². The van der Waals surface area contributed by atoms with Crippen LogP contribution < -0.4 is 0 Å². The van der Waals surface area contributed by atoms with E-state index in [2.05, 4.69) is 4.90 Å². The van der Waals surface area contributed by atoms with E-state index in [1.54, 1.807) is 0 Å². The molecule has 0 amide bonds. The summed E-state index contributed by atoms with van der Waals surface area (Å²) >= 11 is 0. The van der Waals surface area contributed by atoms with Crippen molar-refractivity contribution >= 4 is 5.97 Å². The molecule has 1 fully saturated rings. The molecule has 0 aliphatic carbocycles. The van der Waals surface area contributed by atoms with Crippen LogP contribution in [0.25, 0.3) is 0 Å². The van der Waals surface area contributed by atoms with Crippen LogP contribution in [0.15, 0.2) is 0 Å². The lowest BCUT2D eigenvalue weighted by Gasteiger charge is -2.36. The Morgan fingerprint density at radius 3 is 2.82 bits per heavy atom. The van der Waals surface area contributed by atoms with Crippen LogP contribution in [-0.2, 0) is 4.79 Å². The normalized spacial score (nSPS) is 25.5. The first-order valence-corrected chi connectivity index (χ1v) is 6.65. The summed E-state index contributed by atoms with van der Waals surface area (Å²) in [5.41, 5.74) is 0. The predicted molar refractivity (Wildman–Crippen MR) is 66.9 cm³/mol. The minimum atomic E-state index is -0.705. The molecular formula is C13H25NO3. The van der Waals surface area contributed by atoms with Gasteiger partial charge in [0.05, 0.1) is 6.10 Å². The summed E-state index contributed by atoms with van der Waals surface area (Å²) in [5.74, 6) is -0.0128. The van der Waals surface area contributed by atoms with Gasteiger partial charge in [-0.05, 0) is 37.6 Å². The number of likely N-dealkylation sites (tertiary alicyclic amines) is 1. The van der Waals surface area contributed by atoms with Crippen LogP contribution in [0.4, 0.5) is 0 Å². The summed E-state index contributed by atoms with van der Waals surface area (Å²) in [5, 5.41) is 18.5. The zero-order valence-electron chi connectivity index (χ0n) is 10.9. The fourth-order valence-corrected chi connectivity index (χ4v) is 2.59. The number of aliphatic hydroxyl groups excluding tert-OH is 1. The van der Waals surface area contributed by atoms with Gasteiger partial charge in [-0.2, -0.15) is 0 Å². The zero-order valence-corrected chi connectivity index (χ0v) is 10.9. The number of β-amino-alcohol motifs (C(OH)–C–C–N with tert-alkyl or cyclic N) is 1. The van der Waals surface area contributed by atoms with E-state index in [-0.39, 0.29) is 18.4 Å². The zero-order chi connectivity index (χ0) is 12.8. The molecule has 0 radical (unpaired) electrons. The maximum absolute atomic E-state index is 10.7. The average Bonchev–Trinajstić information content (AvgIpc) is 2.28. The van der Waals surface area contributed by atoms with Crippen molar-refractivity contribution in [2.75, 3.05) is 19.6 Å². The molecule has 1 aliphatic heterocycles. The standard InChI is InChI=1S/C13H25NO3/c1-3-12(15)9-14-6-4-5-11(8-14)10(2)7-13(16)17/h10-12,15H,3-9H2,1-2H3,(H,16,17). The largest absolute Gasteiger partial charge is 0.481 e. The van der Waals surface area contributed by atoms with Gasteiger partial charge in [-0.25, -0.2) is 0 Å². The van der Waals surface area contributed by atoms with E-state index < -0.39 is 5.97 Å². The number of carboxylic acids is 1. The van der Waals surface area contributed by atoms with Crippen LogP contribution in [-0.4, -0.2) is 46.8 Å². The molecule has 17 heavy (non-hydrogen) atoms. The van der Waals surface area contributed by atoms with Gasteiger partial charge in [-0.1, -0.05) is 13.8 Å². The second kappa shape index (κ2) is 6.97. The molecule has 3 unspecified atom stereocenters. The predicted octanol–water partition coefficient (Wildman–Crippen LogP) is 1.58. The van der Waals surface area contributed by atoms with Crippen LogP contribution in [0.5, 0.6) is 0 Å². The number of carboxylic acid groups (broad SMARTS) is 1. The second-order valence-electron chi connectivity index (χ2n) is 5.30. The molecule has 2 N–H and O–H groups in total. The number of nitrogens with zero attached hydrogens (tertiary/aromatic N) is 1. The summed E-state index contributed by atoms with van der Waals surface area (Å²) in [6.07, 6.45) is 3.03. The lowest BCUT2D eigenvalue weighted by atomic mass is 9.84. The fraction of sp³-hybridized carbons (Fsp3) is 0.923. The highest BCUT2D eigenvalue weighted by Gasteiger charge is 2.26. The van der Waals surface area contributed by atoms with Gasteiger partial charge in [0, 0.05) is 19.5 Å². The van der Waals surface area contributed by atoms with Gasteiger partial charge < -0.3 is 15.1 Å². The second-order valence-corrected chi connectivity index (χ2v) is 5.30. The highest BCUT2D eigenvalue weighted by Crippen LogP contribution is 2.26. The maximum atomic E-state index is 10.7. The molecule has 4 nitrogen and oxygen atoms in total. The Morgan fingerprint density at radius 1 is 1.53 bits per heavy atom. The van der Waals surface area contributed by atoms with Gasteiger partial charge in [0.15, 0.2) is 0 Å². The molecule has 100 valence electrons. The number of aliphatic carboxylic acids is 1. The summed E-state index contributed by atoms with van der Waals surface area (Å²) in [7, 11) is 0. The molecule has 1 aliphatic rings. The molecule has 1 saturated heterocycles. The van der Waals surface area contributed by atoms with Crippen molar-refractivity contribution < 1.29 is 15.0 Å². The summed E-state index contributed by atoms with van der Waals surface area (Å²) in [4.78, 5) is 13.0. The molecule has 0 bridgehead atoms. The van der Waals surface area contributed by atoms with Gasteiger partial charge in [0.25, 0.3) is 0 Å². The molecular weight excluding hydrogens is 218 g/mol. The molecule has 4 heteroatoms. The molecule has 3 atom stereocenters. The number of carbonyl (C=O) groups is 1. The van der Waals surface area contributed by atoms with E-state index in [4.69, 9.17) is 5.11 Å². The van der Waals surface area contributed by atoms with E-state index in [9.17, 15) is 9.90 Å². The van der Waals surface area contributed by atoms with E-state index >= 15 is 0 Å². The van der Waals surface area contributed by atoms with Crippen molar-refractivity contribution in [3.63, 3.8) is 0 Å². The van der Waals surface area contributed by atoms with Crippen molar-refractivity contribution in [3.05, 3.63) is 0 Å². The SMILES string of the molecule is CCC(O)CN1CCCC(C(C)CC(=O)O)C1. The highest BCUT2D eigenvalue weighted by atomic mass is 16.4. The Hall–Kier alpha value is -0.610. The van der Waals surface area contributed by atoms with Crippen LogP contribution in [0, 0.1) is 11.8 Å². The molecule has 1 rings (SSSR count). The van der Waals surface area contributed by atoms with E-state index in [1.807, 2.05) is 13.8 Å². The molecule has 0 aromatic rings. The van der Waals surface area contributed by atoms with Gasteiger partial charge in [-0.15, -0.1) is 0 Å². The molecule has 1 heterocycles. The smallest absolute Gasteiger partial charge is 0.303 e. The topological polar surface area (TPSA) is 60.8 Å². The molecule has 0 spiro atoms. The maximum Gasteiger partial charge on any atom is 0.303 e. The van der Waals surface area contributed by atoms with Gasteiger partial charge >= 0.3 is 5.97 Å². The van der Waals surface area contributed by atoms with Crippen molar-refractivity contribution in [3.8, 4) is 0 Å². The highest BCUT2D eigenvalue weighted by molar-refractivity contribution is 5.66. The third kappa shape index (κ3) is 5.04. The lowest BCUT2D eigenvalue weighted by molar-refractivity contribution is -0.138. The quantitative estimate of drug-likeness (QED) is 0.743. The number of hydrogen-bond donors (Lipinski definition) is 2. The van der Waals surface area contributed by atoms with Crippen LogP contribution >= 0.6 is 0 Å². The minimum absolute atomic E-state index is 0.231. The first-order chi connectivity index (χ1) is 8.02. The minimum Gasteiger partial charge on any atom is -0.481 e. The molecule has 0 aromatic heterocycles. The van der Waals surface area contributed by atoms with Crippen molar-refractivity contribution in [2.45, 2.75) is 45.6 Å². The van der Waals surface area contributed by atoms with E-state index in [0.717, 1.165) is 38.9 Å². The number of rotatable bonds is 6. The number of hydrogen-bond acceptors (Lipinski definition) is 3. The van der Waals surface area contributed by atoms with Crippen molar-refractivity contribution in [1.82, 2.24) is 4.90 Å². The Balaban J connectivity index is 2.40. The van der Waals surface area contributed by atoms with Crippen molar-refractivity contribution in [2.24, 2.45) is 11.8 Å². The van der Waals surface area contributed by atoms with Gasteiger partial charge in [0.2, 0.25) is 0 Å². The lowest BCUT2D eigenvalue weighted by Crippen LogP contribution is -2.42. The Labute approximate surface area is 104 Å². The number of aliphatic hydroxyl groups is 1. The van der Waals surface area contributed by atoms with Crippen LogP contribution in [0.2, 0.25) is 0 Å². The Kier molecular flexibility index (Phi) is 5.92. The third-order valence-electron chi connectivity index (χ3n) is 3.78. The average molecular weight is 243 g/mol. The fourth-order valence-electron chi connectivity index (χ4n) is 2.59. The number of piperidine rings is 1. The molecule has 0 saturated carbocycles. The monoisotopic (exact) mass is 243 g/mol. The summed E-state index contributed by atoms with van der Waals surface area (Å²) in [6.45, 7) is 6.71. The van der Waals surface area contributed by atoms with Crippen molar-refractivity contribution in [1.29, 1.82) is 0 Å². The van der Waals surface area contributed by atoms with E-state index in [1.165, 1.54) is 0 Å². The summed E-state index contributed by atoms with van der Waals surface area (Å²) < 4.78 is 0. The third-order valence-corrected chi connectivity index (χ3v) is 3.78. The molecule has 0 aromatic carbocycles. The van der Waals surface area contributed by atoms with Gasteiger partial charge in [0.1, 0.15) is 0 Å². The van der Waals surface area contributed by atoms with Gasteiger partial charge in [-0.3, -0.25) is 4.79 Å². The first-order valence-electron chi connectivity index (χ1n) is 6.65. The Bertz CT molecular complexity index is 245. The van der Waals surface area contributed by atoms with E-state index in [0.29, 0.717) is 5.92 Å². The van der Waals surface area contributed by atoms with Crippen LogP contribution in [0.3, 0.4) is 0 Å². The Morgan fingerprint density at radius 2 is 2.24 bits per heavy atom.